The maximum Gasteiger partial charge on any atom is 0.404 e. The van der Waals surface area contributed by atoms with Gasteiger partial charge in [0, 0.05) is 6.54 Å². The van der Waals surface area contributed by atoms with Crippen molar-refractivity contribution in [3.8, 4) is 0 Å². The topological polar surface area (TPSA) is 55.6 Å². The predicted molar refractivity (Wildman–Crippen MR) is 43.3 cm³/mol. The zero-order valence-corrected chi connectivity index (χ0v) is 7.33. The van der Waals surface area contributed by atoms with Crippen LogP contribution in [-0.4, -0.2) is 37.2 Å². The molecule has 0 aliphatic rings. The number of carbonyl (C=O) groups excluding carboxylic acids is 1. The van der Waals surface area contributed by atoms with Crippen LogP contribution in [0.25, 0.3) is 0 Å². The summed E-state index contributed by atoms with van der Waals surface area (Å²) in [7, 11) is 1.96. The number of ether oxygens (including phenoxy) is 1. The molecule has 2 N–H and O–H groups in total. The van der Waals surface area contributed by atoms with E-state index in [1.54, 1.807) is 0 Å². The molecule has 11 heavy (non-hydrogen) atoms. The van der Waals surface area contributed by atoms with Crippen LogP contribution in [0.3, 0.4) is 0 Å². The van der Waals surface area contributed by atoms with Crippen LogP contribution in [0.4, 0.5) is 4.79 Å². The summed E-state index contributed by atoms with van der Waals surface area (Å²) >= 11 is 0. The van der Waals surface area contributed by atoms with E-state index >= 15 is 0 Å². The Morgan fingerprint density at radius 2 is 2.27 bits per heavy atom. The van der Waals surface area contributed by atoms with Crippen LogP contribution in [0, 0.1) is 0 Å². The number of amides is 1. The summed E-state index contributed by atoms with van der Waals surface area (Å²) in [6.45, 7) is 5.51. The second kappa shape index (κ2) is 4.96. The fourth-order valence-electron chi connectivity index (χ4n) is 0.804. The van der Waals surface area contributed by atoms with Crippen molar-refractivity contribution in [1.82, 2.24) is 4.90 Å². The summed E-state index contributed by atoms with van der Waals surface area (Å²) < 4.78 is 4.72. The quantitative estimate of drug-likeness (QED) is 0.648. The van der Waals surface area contributed by atoms with E-state index in [-0.39, 0.29) is 6.10 Å². The summed E-state index contributed by atoms with van der Waals surface area (Å²) in [6.07, 6.45) is -0.834. The molecule has 4 nitrogen and oxygen atoms in total. The lowest BCUT2D eigenvalue weighted by atomic mass is 10.4. The van der Waals surface area contributed by atoms with Crippen molar-refractivity contribution in [3.05, 3.63) is 0 Å². The highest BCUT2D eigenvalue weighted by Crippen LogP contribution is 1.93. The summed E-state index contributed by atoms with van der Waals surface area (Å²) in [5, 5.41) is 0. The van der Waals surface area contributed by atoms with Crippen molar-refractivity contribution in [2.24, 2.45) is 5.73 Å². The highest BCUT2D eigenvalue weighted by Gasteiger charge is 2.07. The highest BCUT2D eigenvalue weighted by atomic mass is 16.6. The van der Waals surface area contributed by atoms with Gasteiger partial charge in [-0.25, -0.2) is 4.79 Å². The average Bonchev–Trinajstić information content (AvgIpc) is 1.85. The number of likely N-dealkylation sites (N-methyl/N-ethyl adjacent to an activating group) is 1. The Bertz CT molecular complexity index is 128. The minimum Gasteiger partial charge on any atom is -0.445 e. The smallest absolute Gasteiger partial charge is 0.404 e. The third kappa shape index (κ3) is 5.66. The molecule has 0 bridgehead atoms. The minimum atomic E-state index is -0.706. The van der Waals surface area contributed by atoms with E-state index in [4.69, 9.17) is 10.5 Å². The number of nitrogens with two attached hydrogens (primary N) is 1. The monoisotopic (exact) mass is 160 g/mol. The number of primary amides is 1. The van der Waals surface area contributed by atoms with Gasteiger partial charge in [-0.05, 0) is 20.5 Å². The van der Waals surface area contributed by atoms with Crippen LogP contribution < -0.4 is 5.73 Å². The van der Waals surface area contributed by atoms with Gasteiger partial charge in [0.05, 0.1) is 0 Å². The summed E-state index contributed by atoms with van der Waals surface area (Å²) in [5.41, 5.74) is 4.83. The Kier molecular flexibility index (Phi) is 4.61. The molecule has 0 aromatic carbocycles. The predicted octanol–water partition coefficient (Wildman–Crippen LogP) is 0.422. The van der Waals surface area contributed by atoms with Gasteiger partial charge in [-0.1, -0.05) is 6.92 Å². The van der Waals surface area contributed by atoms with Gasteiger partial charge in [0.15, 0.2) is 0 Å². The van der Waals surface area contributed by atoms with Crippen LogP contribution in [0.5, 0.6) is 0 Å². The van der Waals surface area contributed by atoms with Crippen molar-refractivity contribution in [1.29, 1.82) is 0 Å². The minimum absolute atomic E-state index is 0.127. The molecule has 0 aliphatic heterocycles. The summed E-state index contributed by atoms with van der Waals surface area (Å²) in [6, 6.07) is 0. The zero-order chi connectivity index (χ0) is 8.85. The van der Waals surface area contributed by atoms with E-state index in [0.29, 0.717) is 0 Å². The fraction of sp³-hybridized carbons (Fsp3) is 0.857. The van der Waals surface area contributed by atoms with E-state index in [1.165, 1.54) is 0 Å². The molecule has 0 fully saturated rings. The van der Waals surface area contributed by atoms with Gasteiger partial charge in [0.25, 0.3) is 0 Å². The lowest BCUT2D eigenvalue weighted by Gasteiger charge is -2.18. The molecule has 1 amide bonds. The van der Waals surface area contributed by atoms with Crippen LogP contribution in [-0.2, 0) is 4.74 Å². The van der Waals surface area contributed by atoms with E-state index in [2.05, 4.69) is 0 Å². The summed E-state index contributed by atoms with van der Waals surface area (Å²) in [4.78, 5) is 12.3. The molecule has 4 heteroatoms. The molecule has 0 rings (SSSR count). The maximum absolute atomic E-state index is 10.3. The third-order valence-electron chi connectivity index (χ3n) is 1.43. The molecule has 0 spiro atoms. The van der Waals surface area contributed by atoms with Crippen molar-refractivity contribution < 1.29 is 9.53 Å². The van der Waals surface area contributed by atoms with Crippen molar-refractivity contribution >= 4 is 6.09 Å². The molecule has 0 aromatic heterocycles. The lowest BCUT2D eigenvalue weighted by Crippen LogP contribution is -2.32. The Labute approximate surface area is 67.3 Å². The van der Waals surface area contributed by atoms with Crippen molar-refractivity contribution in [2.75, 3.05) is 20.1 Å². The first-order valence-corrected chi connectivity index (χ1v) is 3.71. The number of hydrogen-bond acceptors (Lipinski definition) is 3. The molecule has 1 atom stereocenters. The van der Waals surface area contributed by atoms with Crippen molar-refractivity contribution in [3.63, 3.8) is 0 Å². The van der Waals surface area contributed by atoms with Crippen LogP contribution in [0.1, 0.15) is 13.8 Å². The Balaban J connectivity index is 3.51. The maximum atomic E-state index is 10.3. The number of hydrogen-bond donors (Lipinski definition) is 1. The van der Waals surface area contributed by atoms with Crippen LogP contribution in [0.2, 0.25) is 0 Å². The van der Waals surface area contributed by atoms with Gasteiger partial charge in [-0.3, -0.25) is 0 Å². The third-order valence-corrected chi connectivity index (χ3v) is 1.43. The second-order valence-electron chi connectivity index (χ2n) is 2.60. The summed E-state index contributed by atoms with van der Waals surface area (Å²) in [5.74, 6) is 0. The fourth-order valence-corrected chi connectivity index (χ4v) is 0.804. The number of rotatable bonds is 4. The Morgan fingerprint density at radius 1 is 1.73 bits per heavy atom. The van der Waals surface area contributed by atoms with Gasteiger partial charge in [0.2, 0.25) is 0 Å². The number of nitrogens with zero attached hydrogens (tertiary/aromatic N) is 1. The van der Waals surface area contributed by atoms with Crippen molar-refractivity contribution in [2.45, 2.75) is 20.0 Å². The molecular formula is C7H16N2O2. The standard InChI is InChI=1S/C7H16N2O2/c1-4-9(3)5-6(2)11-7(8)10/h6H,4-5H2,1-3H3,(H2,8,10). The molecule has 1 unspecified atom stereocenters. The van der Waals surface area contributed by atoms with E-state index in [9.17, 15) is 4.79 Å². The first-order chi connectivity index (χ1) is 5.06. The molecular weight excluding hydrogens is 144 g/mol. The molecule has 0 saturated carbocycles. The first-order valence-electron chi connectivity index (χ1n) is 3.71. The van der Waals surface area contributed by atoms with E-state index in [1.807, 2.05) is 25.8 Å². The zero-order valence-electron chi connectivity index (χ0n) is 7.33. The van der Waals surface area contributed by atoms with Gasteiger partial charge >= 0.3 is 6.09 Å². The molecule has 0 saturated heterocycles. The van der Waals surface area contributed by atoms with Gasteiger partial charge in [0.1, 0.15) is 6.10 Å². The van der Waals surface area contributed by atoms with E-state index < -0.39 is 6.09 Å². The normalized spacial score (nSPS) is 13.1. The largest absolute Gasteiger partial charge is 0.445 e. The molecule has 0 radical (unpaired) electrons. The molecule has 0 aromatic rings. The molecule has 0 aliphatic carbocycles. The first kappa shape index (κ1) is 10.2. The molecule has 0 heterocycles. The molecule has 66 valence electrons. The van der Waals surface area contributed by atoms with Gasteiger partial charge in [-0.15, -0.1) is 0 Å². The van der Waals surface area contributed by atoms with Crippen LogP contribution >= 0.6 is 0 Å². The Morgan fingerprint density at radius 3 is 2.64 bits per heavy atom. The van der Waals surface area contributed by atoms with Crippen LogP contribution in [0.15, 0.2) is 0 Å². The lowest BCUT2D eigenvalue weighted by molar-refractivity contribution is 0.0948. The van der Waals surface area contributed by atoms with Gasteiger partial charge < -0.3 is 15.4 Å². The second-order valence-corrected chi connectivity index (χ2v) is 2.60. The highest BCUT2D eigenvalue weighted by molar-refractivity contribution is 5.64. The Hall–Kier alpha value is -0.770. The average molecular weight is 160 g/mol. The SMILES string of the molecule is CCN(C)CC(C)OC(N)=O. The van der Waals surface area contributed by atoms with Gasteiger partial charge in [-0.2, -0.15) is 0 Å². The number of carbonyl (C=O) groups is 1. The van der Waals surface area contributed by atoms with E-state index in [0.717, 1.165) is 13.1 Å².